The number of halogens is 1. The third-order valence-corrected chi connectivity index (χ3v) is 3.40. The second-order valence-corrected chi connectivity index (χ2v) is 5.41. The molecule has 0 atom stereocenters. The van der Waals surface area contributed by atoms with Crippen LogP contribution in [0.25, 0.3) is 10.9 Å². The van der Waals surface area contributed by atoms with Crippen LogP contribution >= 0.6 is 15.9 Å². The summed E-state index contributed by atoms with van der Waals surface area (Å²) in [5, 5.41) is 15.0. The highest BCUT2D eigenvalue weighted by atomic mass is 79.9. The summed E-state index contributed by atoms with van der Waals surface area (Å²) in [6, 6.07) is 5.42. The zero-order valence-corrected chi connectivity index (χ0v) is 13.2. The standard InChI is InChI=1S/C14H16BrN3O3/c1-2-5-16-6-7-21-14-11-8-10(15)3-4-12(11)17-9-13(14)18(19)20/h3-4,8-9,16H,2,5-7H2,1H3. The number of nitrogens with zero attached hydrogens (tertiary/aromatic N) is 2. The van der Waals surface area contributed by atoms with Crippen molar-refractivity contribution in [1.82, 2.24) is 10.3 Å². The quantitative estimate of drug-likeness (QED) is 0.469. The van der Waals surface area contributed by atoms with E-state index in [-0.39, 0.29) is 11.4 Å². The molecule has 21 heavy (non-hydrogen) atoms. The molecular formula is C14H16BrN3O3. The second-order valence-electron chi connectivity index (χ2n) is 4.49. The van der Waals surface area contributed by atoms with Gasteiger partial charge in [0.2, 0.25) is 5.75 Å². The smallest absolute Gasteiger partial charge is 0.329 e. The van der Waals surface area contributed by atoms with Gasteiger partial charge in [0, 0.05) is 11.0 Å². The van der Waals surface area contributed by atoms with E-state index >= 15 is 0 Å². The summed E-state index contributed by atoms with van der Waals surface area (Å²) in [6.07, 6.45) is 2.27. The highest BCUT2D eigenvalue weighted by molar-refractivity contribution is 9.10. The Labute approximate surface area is 130 Å². The van der Waals surface area contributed by atoms with Crippen molar-refractivity contribution in [3.05, 3.63) is 39.0 Å². The molecule has 0 saturated heterocycles. The van der Waals surface area contributed by atoms with Gasteiger partial charge in [-0.05, 0) is 31.2 Å². The van der Waals surface area contributed by atoms with Crippen LogP contribution in [0, 0.1) is 10.1 Å². The van der Waals surface area contributed by atoms with Crippen molar-refractivity contribution in [3.8, 4) is 5.75 Å². The van der Waals surface area contributed by atoms with E-state index in [0.29, 0.717) is 24.1 Å². The fourth-order valence-electron chi connectivity index (χ4n) is 1.94. The van der Waals surface area contributed by atoms with Crippen molar-refractivity contribution in [2.45, 2.75) is 13.3 Å². The largest absolute Gasteiger partial charge is 0.485 e. The van der Waals surface area contributed by atoms with Crippen molar-refractivity contribution in [2.75, 3.05) is 19.7 Å². The van der Waals surface area contributed by atoms with E-state index in [2.05, 4.69) is 33.2 Å². The van der Waals surface area contributed by atoms with E-state index in [9.17, 15) is 10.1 Å². The van der Waals surface area contributed by atoms with Gasteiger partial charge in [-0.25, -0.2) is 4.98 Å². The van der Waals surface area contributed by atoms with E-state index in [1.54, 1.807) is 12.1 Å². The Hall–Kier alpha value is -1.73. The van der Waals surface area contributed by atoms with E-state index in [1.807, 2.05) is 6.07 Å². The van der Waals surface area contributed by atoms with E-state index in [0.717, 1.165) is 17.4 Å². The maximum atomic E-state index is 11.1. The minimum atomic E-state index is -0.470. The molecule has 2 rings (SSSR count). The van der Waals surface area contributed by atoms with Gasteiger partial charge < -0.3 is 10.1 Å². The zero-order valence-electron chi connectivity index (χ0n) is 11.6. The summed E-state index contributed by atoms with van der Waals surface area (Å²) >= 11 is 3.37. The first kappa shape index (κ1) is 15.7. The number of fused-ring (bicyclic) bond motifs is 1. The molecule has 6 nitrogen and oxygen atoms in total. The number of nitrogens with one attached hydrogen (secondary N) is 1. The van der Waals surface area contributed by atoms with Gasteiger partial charge in [-0.3, -0.25) is 10.1 Å². The number of aromatic nitrogens is 1. The second kappa shape index (κ2) is 7.33. The molecule has 0 aliphatic carbocycles. The third kappa shape index (κ3) is 3.89. The summed E-state index contributed by atoms with van der Waals surface area (Å²) < 4.78 is 6.47. The first-order valence-corrected chi connectivity index (χ1v) is 7.49. The Morgan fingerprint density at radius 3 is 2.95 bits per heavy atom. The maximum Gasteiger partial charge on any atom is 0.329 e. The Kier molecular flexibility index (Phi) is 5.46. The lowest BCUT2D eigenvalue weighted by molar-refractivity contribution is -0.386. The molecule has 0 aliphatic rings. The number of hydrogen-bond donors (Lipinski definition) is 1. The molecule has 0 radical (unpaired) electrons. The Morgan fingerprint density at radius 1 is 1.43 bits per heavy atom. The van der Waals surface area contributed by atoms with Crippen LogP contribution in [-0.4, -0.2) is 29.6 Å². The summed E-state index contributed by atoms with van der Waals surface area (Å²) in [6.45, 7) is 3.98. The molecule has 0 saturated carbocycles. The normalized spacial score (nSPS) is 10.8. The third-order valence-electron chi connectivity index (χ3n) is 2.91. The number of hydrogen-bond acceptors (Lipinski definition) is 5. The summed E-state index contributed by atoms with van der Waals surface area (Å²) in [7, 11) is 0. The first-order valence-electron chi connectivity index (χ1n) is 6.69. The van der Waals surface area contributed by atoms with Gasteiger partial charge in [0.1, 0.15) is 12.8 Å². The molecule has 2 aromatic rings. The summed E-state index contributed by atoms with van der Waals surface area (Å²) in [5.74, 6) is 0.268. The molecule has 7 heteroatoms. The van der Waals surface area contributed by atoms with E-state index in [1.165, 1.54) is 6.20 Å². The maximum absolute atomic E-state index is 11.1. The van der Waals surface area contributed by atoms with Crippen LogP contribution in [-0.2, 0) is 0 Å². The van der Waals surface area contributed by atoms with Gasteiger partial charge in [-0.2, -0.15) is 0 Å². The van der Waals surface area contributed by atoms with Crippen LogP contribution < -0.4 is 10.1 Å². The van der Waals surface area contributed by atoms with E-state index < -0.39 is 4.92 Å². The zero-order chi connectivity index (χ0) is 15.2. The lowest BCUT2D eigenvalue weighted by Crippen LogP contribution is -2.21. The average molecular weight is 354 g/mol. The fraction of sp³-hybridized carbons (Fsp3) is 0.357. The van der Waals surface area contributed by atoms with E-state index in [4.69, 9.17) is 4.74 Å². The number of pyridine rings is 1. The van der Waals surface area contributed by atoms with Crippen molar-refractivity contribution in [2.24, 2.45) is 0 Å². The van der Waals surface area contributed by atoms with Crippen molar-refractivity contribution < 1.29 is 9.66 Å². The van der Waals surface area contributed by atoms with Crippen LogP contribution in [0.5, 0.6) is 5.75 Å². The topological polar surface area (TPSA) is 77.3 Å². The molecular weight excluding hydrogens is 338 g/mol. The Bertz CT molecular complexity index is 649. The van der Waals surface area contributed by atoms with Crippen LogP contribution in [0.3, 0.4) is 0 Å². The molecule has 1 aromatic heterocycles. The monoisotopic (exact) mass is 353 g/mol. The Morgan fingerprint density at radius 2 is 2.24 bits per heavy atom. The molecule has 1 N–H and O–H groups in total. The lowest BCUT2D eigenvalue weighted by Gasteiger charge is -2.10. The molecule has 0 amide bonds. The van der Waals surface area contributed by atoms with Gasteiger partial charge in [-0.15, -0.1) is 0 Å². The molecule has 0 unspecified atom stereocenters. The van der Waals surface area contributed by atoms with Gasteiger partial charge in [0.15, 0.2) is 0 Å². The summed E-state index contributed by atoms with van der Waals surface area (Å²) in [5.41, 5.74) is 0.552. The van der Waals surface area contributed by atoms with Gasteiger partial charge in [-0.1, -0.05) is 22.9 Å². The molecule has 0 aliphatic heterocycles. The first-order chi connectivity index (χ1) is 10.1. The number of rotatable bonds is 7. The molecule has 1 aromatic carbocycles. The lowest BCUT2D eigenvalue weighted by atomic mass is 10.2. The predicted octanol–water partition coefficient (Wildman–Crippen LogP) is 3.28. The van der Waals surface area contributed by atoms with Crippen LogP contribution in [0.15, 0.2) is 28.9 Å². The number of benzene rings is 1. The molecule has 0 spiro atoms. The molecule has 112 valence electrons. The van der Waals surface area contributed by atoms with Gasteiger partial charge in [0.25, 0.3) is 0 Å². The van der Waals surface area contributed by atoms with Crippen LogP contribution in [0.1, 0.15) is 13.3 Å². The molecule has 1 heterocycles. The SMILES string of the molecule is CCCNCCOc1c([N+](=O)[O-])cnc2ccc(Br)cc12. The average Bonchev–Trinajstić information content (AvgIpc) is 2.46. The van der Waals surface area contributed by atoms with Crippen LogP contribution in [0.2, 0.25) is 0 Å². The van der Waals surface area contributed by atoms with Crippen molar-refractivity contribution >= 4 is 32.5 Å². The fourth-order valence-corrected chi connectivity index (χ4v) is 2.30. The highest BCUT2D eigenvalue weighted by Gasteiger charge is 2.19. The summed E-state index contributed by atoms with van der Waals surface area (Å²) in [4.78, 5) is 14.8. The van der Waals surface area contributed by atoms with Crippen molar-refractivity contribution in [3.63, 3.8) is 0 Å². The minimum Gasteiger partial charge on any atom is -0.485 e. The van der Waals surface area contributed by atoms with Crippen LogP contribution in [0.4, 0.5) is 5.69 Å². The molecule has 0 bridgehead atoms. The van der Waals surface area contributed by atoms with Gasteiger partial charge in [0.05, 0.1) is 15.8 Å². The molecule has 0 fully saturated rings. The van der Waals surface area contributed by atoms with Crippen molar-refractivity contribution in [1.29, 1.82) is 0 Å². The van der Waals surface area contributed by atoms with Gasteiger partial charge >= 0.3 is 5.69 Å². The Balaban J connectivity index is 2.30. The minimum absolute atomic E-state index is 0.115. The number of nitro groups is 1. The number of ether oxygens (including phenoxy) is 1. The predicted molar refractivity (Wildman–Crippen MR) is 84.8 cm³/mol. The highest BCUT2D eigenvalue weighted by Crippen LogP contribution is 2.35.